The van der Waals surface area contributed by atoms with E-state index >= 15 is 0 Å². The third-order valence-electron chi connectivity index (χ3n) is 4.16. The van der Waals surface area contributed by atoms with Gasteiger partial charge >= 0.3 is 11.7 Å². The van der Waals surface area contributed by atoms with Gasteiger partial charge in [0, 0.05) is 19.4 Å². The van der Waals surface area contributed by atoms with Gasteiger partial charge in [0.15, 0.2) is 0 Å². The number of hydrogen-bond acceptors (Lipinski definition) is 7. The summed E-state index contributed by atoms with van der Waals surface area (Å²) in [5, 5.41) is 0.498. The second kappa shape index (κ2) is 9.04. The van der Waals surface area contributed by atoms with Crippen LogP contribution in [0.4, 0.5) is 0 Å². The van der Waals surface area contributed by atoms with Crippen LogP contribution in [0.3, 0.4) is 0 Å². The third kappa shape index (κ3) is 5.22. The van der Waals surface area contributed by atoms with Gasteiger partial charge in [-0.3, -0.25) is 23.7 Å². The van der Waals surface area contributed by atoms with Gasteiger partial charge in [0.05, 0.1) is 23.4 Å². The van der Waals surface area contributed by atoms with E-state index in [1.165, 1.54) is 15.9 Å². The molecule has 0 bridgehead atoms. The van der Waals surface area contributed by atoms with Crippen LogP contribution in [0, 0.1) is 6.92 Å². The fourth-order valence-corrected chi connectivity index (χ4v) is 4.13. The highest BCUT2D eigenvalue weighted by Gasteiger charge is 2.21. The smallest absolute Gasteiger partial charge is 0.332 e. The summed E-state index contributed by atoms with van der Waals surface area (Å²) >= 11 is 1.31. The van der Waals surface area contributed by atoms with E-state index in [0.717, 1.165) is 10.4 Å². The molecule has 2 rings (SSSR count). The molecule has 0 saturated heterocycles. The lowest BCUT2D eigenvalue weighted by atomic mass is 10.2. The van der Waals surface area contributed by atoms with E-state index in [4.69, 9.17) is 9.47 Å². The summed E-state index contributed by atoms with van der Waals surface area (Å²) in [4.78, 5) is 43.2. The standard InChI is InChI=1S/C20H29N3O5S/c1-12(2)23-17(25)16-13(3)14(10-21-11-15(24)28-20(4,5)6)29-18(16)22(19(23)26)8-9-27-7/h10,12H,8-9,11H2,1-7H3. The molecule has 29 heavy (non-hydrogen) atoms. The maximum absolute atomic E-state index is 13.0. The number of aliphatic imine (C=N–C) groups is 1. The second-order valence-electron chi connectivity index (χ2n) is 8.02. The van der Waals surface area contributed by atoms with Crippen LogP contribution in [0.5, 0.6) is 0 Å². The first kappa shape index (κ1) is 23.0. The van der Waals surface area contributed by atoms with Crippen molar-refractivity contribution in [2.75, 3.05) is 20.3 Å². The van der Waals surface area contributed by atoms with Gasteiger partial charge in [0.1, 0.15) is 17.0 Å². The molecule has 0 aliphatic carbocycles. The molecule has 2 heterocycles. The molecule has 0 unspecified atom stereocenters. The number of rotatable bonds is 7. The highest BCUT2D eigenvalue weighted by atomic mass is 32.1. The zero-order valence-corrected chi connectivity index (χ0v) is 18.9. The lowest BCUT2D eigenvalue weighted by molar-refractivity contribution is -0.152. The number of aryl methyl sites for hydroxylation is 1. The first-order chi connectivity index (χ1) is 13.5. The Morgan fingerprint density at radius 2 is 1.93 bits per heavy atom. The summed E-state index contributed by atoms with van der Waals surface area (Å²) in [7, 11) is 1.56. The number of esters is 1. The van der Waals surface area contributed by atoms with Gasteiger partial charge in [0.25, 0.3) is 5.56 Å². The van der Waals surface area contributed by atoms with Gasteiger partial charge < -0.3 is 9.47 Å². The normalized spacial score (nSPS) is 12.4. The van der Waals surface area contributed by atoms with E-state index in [1.54, 1.807) is 52.5 Å². The molecule has 0 aromatic carbocycles. The lowest BCUT2D eigenvalue weighted by Crippen LogP contribution is -2.41. The molecule has 0 radical (unpaired) electrons. The molecule has 0 spiro atoms. The summed E-state index contributed by atoms with van der Waals surface area (Å²) in [6, 6.07) is -0.267. The minimum absolute atomic E-state index is 0.113. The molecule has 9 heteroatoms. The van der Waals surface area contributed by atoms with Crippen LogP contribution in [-0.4, -0.2) is 47.2 Å². The molecule has 8 nitrogen and oxygen atoms in total. The molecule has 2 aromatic rings. The first-order valence-electron chi connectivity index (χ1n) is 9.47. The average Bonchev–Trinajstić information content (AvgIpc) is 2.90. The van der Waals surface area contributed by atoms with Crippen LogP contribution in [0.25, 0.3) is 10.2 Å². The molecule has 160 valence electrons. The van der Waals surface area contributed by atoms with Crippen LogP contribution >= 0.6 is 11.3 Å². The zero-order chi connectivity index (χ0) is 21.9. The average molecular weight is 424 g/mol. The molecule has 0 aliphatic rings. The minimum Gasteiger partial charge on any atom is -0.459 e. The van der Waals surface area contributed by atoms with Crippen molar-refractivity contribution in [2.45, 2.75) is 59.7 Å². The maximum atomic E-state index is 13.0. The fraction of sp³-hybridized carbons (Fsp3) is 0.600. The molecule has 0 N–H and O–H groups in total. The predicted molar refractivity (Wildman–Crippen MR) is 116 cm³/mol. The Morgan fingerprint density at radius 3 is 2.48 bits per heavy atom. The SMILES string of the molecule is COCCn1c(=O)n(C(C)C)c(=O)c2c(C)c(C=NCC(=O)OC(C)(C)C)sc21. The highest BCUT2D eigenvalue weighted by Crippen LogP contribution is 2.27. The highest BCUT2D eigenvalue weighted by molar-refractivity contribution is 7.20. The van der Waals surface area contributed by atoms with E-state index < -0.39 is 11.6 Å². The van der Waals surface area contributed by atoms with Crippen molar-refractivity contribution in [3.8, 4) is 0 Å². The molecule has 0 atom stereocenters. The van der Waals surface area contributed by atoms with Gasteiger partial charge in [-0.1, -0.05) is 0 Å². The van der Waals surface area contributed by atoms with E-state index in [-0.39, 0.29) is 23.8 Å². The molecule has 0 aliphatic heterocycles. The van der Waals surface area contributed by atoms with Crippen molar-refractivity contribution >= 4 is 33.7 Å². The van der Waals surface area contributed by atoms with Crippen molar-refractivity contribution in [3.05, 3.63) is 31.3 Å². The van der Waals surface area contributed by atoms with Gasteiger partial charge in [-0.15, -0.1) is 11.3 Å². The minimum atomic E-state index is -0.570. The number of ether oxygens (including phenoxy) is 2. The fourth-order valence-electron chi connectivity index (χ4n) is 2.92. The van der Waals surface area contributed by atoms with Crippen LogP contribution in [0.2, 0.25) is 0 Å². The van der Waals surface area contributed by atoms with Crippen molar-refractivity contribution < 1.29 is 14.3 Å². The number of fused-ring (bicyclic) bond motifs is 1. The van der Waals surface area contributed by atoms with Crippen molar-refractivity contribution in [1.82, 2.24) is 9.13 Å². The molecule has 0 fully saturated rings. The van der Waals surface area contributed by atoms with E-state index in [9.17, 15) is 14.4 Å². The largest absolute Gasteiger partial charge is 0.459 e. The van der Waals surface area contributed by atoms with Crippen molar-refractivity contribution in [3.63, 3.8) is 0 Å². The number of nitrogens with zero attached hydrogens (tertiary/aromatic N) is 3. The summed E-state index contributed by atoms with van der Waals surface area (Å²) in [5.41, 5.74) is -0.495. The van der Waals surface area contributed by atoms with Gasteiger partial charge in [0.2, 0.25) is 0 Å². The summed E-state index contributed by atoms with van der Waals surface area (Å²) in [6.07, 6.45) is 1.56. The number of hydrogen-bond donors (Lipinski definition) is 0. The van der Waals surface area contributed by atoms with Crippen LogP contribution in [0.15, 0.2) is 14.6 Å². The van der Waals surface area contributed by atoms with E-state index in [1.807, 2.05) is 6.92 Å². The summed E-state index contributed by atoms with van der Waals surface area (Å²) < 4.78 is 13.2. The Labute approximate surface area is 173 Å². The Hall–Kier alpha value is -2.26. The number of carbonyl (C=O) groups is 1. The predicted octanol–water partition coefficient (Wildman–Crippen LogP) is 2.52. The maximum Gasteiger partial charge on any atom is 0.332 e. The number of aromatic nitrogens is 2. The summed E-state index contributed by atoms with van der Waals surface area (Å²) in [5.74, 6) is -0.424. The first-order valence-corrected chi connectivity index (χ1v) is 10.3. The third-order valence-corrected chi connectivity index (χ3v) is 5.41. The van der Waals surface area contributed by atoms with Crippen molar-refractivity contribution in [1.29, 1.82) is 0 Å². The van der Waals surface area contributed by atoms with Crippen LogP contribution < -0.4 is 11.2 Å². The quantitative estimate of drug-likeness (QED) is 0.504. The number of carbonyl (C=O) groups excluding carboxylic acids is 1. The van der Waals surface area contributed by atoms with Gasteiger partial charge in [-0.2, -0.15) is 0 Å². The van der Waals surface area contributed by atoms with Crippen LogP contribution in [0.1, 0.15) is 51.1 Å². The number of methoxy groups -OCH3 is 1. The number of thiophene rings is 1. The van der Waals surface area contributed by atoms with E-state index in [2.05, 4.69) is 4.99 Å². The molecule has 2 aromatic heterocycles. The molecule has 0 amide bonds. The molecule has 0 saturated carbocycles. The zero-order valence-electron chi connectivity index (χ0n) is 18.1. The monoisotopic (exact) mass is 423 g/mol. The Bertz CT molecular complexity index is 1040. The Kier molecular flexibility index (Phi) is 7.18. The Balaban J connectivity index is 2.52. The van der Waals surface area contributed by atoms with Gasteiger partial charge in [-0.25, -0.2) is 4.79 Å². The molecular formula is C20H29N3O5S. The lowest BCUT2D eigenvalue weighted by Gasteiger charge is -2.18. The topological polar surface area (TPSA) is 91.9 Å². The molecular weight excluding hydrogens is 394 g/mol. The second-order valence-corrected chi connectivity index (χ2v) is 9.05. The Morgan fingerprint density at radius 1 is 1.28 bits per heavy atom. The van der Waals surface area contributed by atoms with Crippen molar-refractivity contribution in [2.24, 2.45) is 4.99 Å². The van der Waals surface area contributed by atoms with Crippen LogP contribution in [-0.2, 0) is 20.8 Å². The van der Waals surface area contributed by atoms with E-state index in [0.29, 0.717) is 23.4 Å². The van der Waals surface area contributed by atoms with Gasteiger partial charge in [-0.05, 0) is 47.1 Å². The summed E-state index contributed by atoms with van der Waals surface area (Å²) in [6.45, 7) is 11.4.